The summed E-state index contributed by atoms with van der Waals surface area (Å²) in [5.41, 5.74) is 0.940. The van der Waals surface area contributed by atoms with Crippen LogP contribution in [0.4, 0.5) is 0 Å². The van der Waals surface area contributed by atoms with Gasteiger partial charge in [0.15, 0.2) is 5.78 Å². The van der Waals surface area contributed by atoms with E-state index in [1.807, 2.05) is 6.92 Å². The first-order valence-electron chi connectivity index (χ1n) is 5.73. The molecular formula is C13H18O2. The normalized spacial score (nSPS) is 30.5. The van der Waals surface area contributed by atoms with Gasteiger partial charge in [0.05, 0.1) is 0 Å². The first kappa shape index (κ1) is 10.5. The summed E-state index contributed by atoms with van der Waals surface area (Å²) < 4.78 is 5.80. The number of Topliss-reactive ketones (excluding diaryl/α,β-unsaturated/α-hetero) is 1. The minimum Gasteiger partial charge on any atom is -0.494 e. The lowest BCUT2D eigenvalue weighted by Crippen LogP contribution is -2.21. The van der Waals surface area contributed by atoms with Crippen LogP contribution < -0.4 is 0 Å². The Morgan fingerprint density at radius 3 is 2.67 bits per heavy atom. The number of rotatable bonds is 1. The highest BCUT2D eigenvalue weighted by Gasteiger charge is 2.36. The summed E-state index contributed by atoms with van der Waals surface area (Å²) in [6.07, 6.45) is 8.91. The topological polar surface area (TPSA) is 26.3 Å². The smallest absolute Gasteiger partial charge is 0.159 e. The maximum atomic E-state index is 11.6. The van der Waals surface area contributed by atoms with Gasteiger partial charge in [0.25, 0.3) is 0 Å². The van der Waals surface area contributed by atoms with Crippen LogP contribution >= 0.6 is 0 Å². The average molecular weight is 206 g/mol. The van der Waals surface area contributed by atoms with E-state index in [9.17, 15) is 4.79 Å². The maximum absolute atomic E-state index is 11.6. The molecule has 1 heterocycles. The summed E-state index contributed by atoms with van der Waals surface area (Å²) in [5.74, 6) is 1.39. The molecule has 0 amide bonds. The molecule has 2 atom stereocenters. The van der Waals surface area contributed by atoms with Crippen molar-refractivity contribution in [2.45, 2.75) is 45.6 Å². The van der Waals surface area contributed by atoms with E-state index in [-0.39, 0.29) is 11.9 Å². The van der Waals surface area contributed by atoms with Gasteiger partial charge in [-0.15, -0.1) is 0 Å². The monoisotopic (exact) mass is 206 g/mol. The van der Waals surface area contributed by atoms with Gasteiger partial charge in [0.2, 0.25) is 0 Å². The Morgan fingerprint density at radius 1 is 1.33 bits per heavy atom. The van der Waals surface area contributed by atoms with Crippen molar-refractivity contribution < 1.29 is 9.53 Å². The van der Waals surface area contributed by atoms with E-state index < -0.39 is 0 Å². The molecule has 0 bridgehead atoms. The lowest BCUT2D eigenvalue weighted by Gasteiger charge is -2.21. The fourth-order valence-corrected chi connectivity index (χ4v) is 2.69. The minimum atomic E-state index is 0.185. The molecule has 0 aromatic rings. The lowest BCUT2D eigenvalue weighted by atomic mass is 9.85. The number of hydrogen-bond acceptors (Lipinski definition) is 2. The van der Waals surface area contributed by atoms with Crippen molar-refractivity contribution in [3.05, 3.63) is 23.5 Å². The molecule has 0 saturated heterocycles. The van der Waals surface area contributed by atoms with Gasteiger partial charge < -0.3 is 4.74 Å². The van der Waals surface area contributed by atoms with Crippen LogP contribution in [-0.2, 0) is 9.53 Å². The largest absolute Gasteiger partial charge is 0.494 e. The summed E-state index contributed by atoms with van der Waals surface area (Å²) in [7, 11) is 0. The summed E-state index contributed by atoms with van der Waals surface area (Å²) >= 11 is 0. The summed E-state index contributed by atoms with van der Waals surface area (Å²) in [4.78, 5) is 11.6. The number of carbonyl (C=O) groups is 1. The van der Waals surface area contributed by atoms with Crippen LogP contribution in [0.1, 0.15) is 39.5 Å². The molecule has 15 heavy (non-hydrogen) atoms. The van der Waals surface area contributed by atoms with E-state index in [4.69, 9.17) is 4.74 Å². The van der Waals surface area contributed by atoms with Gasteiger partial charge in [-0.25, -0.2) is 0 Å². The van der Waals surface area contributed by atoms with Crippen molar-refractivity contribution in [1.82, 2.24) is 0 Å². The third-order valence-electron chi connectivity index (χ3n) is 3.34. The number of ketones is 1. The van der Waals surface area contributed by atoms with Gasteiger partial charge in [-0.1, -0.05) is 12.2 Å². The van der Waals surface area contributed by atoms with Crippen molar-refractivity contribution >= 4 is 5.78 Å². The number of hydrogen-bond donors (Lipinski definition) is 0. The predicted octanol–water partition coefficient (Wildman–Crippen LogP) is 2.99. The maximum Gasteiger partial charge on any atom is 0.159 e. The minimum absolute atomic E-state index is 0.185. The van der Waals surface area contributed by atoms with Crippen LogP contribution in [0, 0.1) is 5.92 Å². The average Bonchev–Trinajstić information content (AvgIpc) is 2.42. The van der Waals surface area contributed by atoms with Crippen LogP contribution in [0.25, 0.3) is 0 Å². The molecule has 0 aromatic heterocycles. The molecule has 2 aliphatic rings. The molecule has 0 spiro atoms. The van der Waals surface area contributed by atoms with E-state index in [1.54, 1.807) is 6.92 Å². The van der Waals surface area contributed by atoms with Crippen LogP contribution in [0.3, 0.4) is 0 Å². The predicted molar refractivity (Wildman–Crippen MR) is 59.4 cm³/mol. The Bertz CT molecular complexity index is 325. The molecule has 1 aliphatic carbocycles. The van der Waals surface area contributed by atoms with Crippen LogP contribution in [0.2, 0.25) is 0 Å². The molecular weight excluding hydrogens is 188 g/mol. The van der Waals surface area contributed by atoms with Crippen molar-refractivity contribution in [2.24, 2.45) is 5.92 Å². The van der Waals surface area contributed by atoms with Crippen molar-refractivity contribution in [3.63, 3.8) is 0 Å². The van der Waals surface area contributed by atoms with Crippen LogP contribution in [0.15, 0.2) is 23.5 Å². The number of allylic oxidation sites excluding steroid dienone is 3. The van der Waals surface area contributed by atoms with Crippen LogP contribution in [-0.4, -0.2) is 11.9 Å². The molecule has 0 saturated carbocycles. The molecule has 0 aromatic carbocycles. The summed E-state index contributed by atoms with van der Waals surface area (Å²) in [6, 6.07) is 0. The highest BCUT2D eigenvalue weighted by molar-refractivity contribution is 5.94. The third kappa shape index (κ3) is 1.99. The van der Waals surface area contributed by atoms with Crippen LogP contribution in [0.5, 0.6) is 0 Å². The van der Waals surface area contributed by atoms with E-state index in [1.165, 1.54) is 0 Å². The fraction of sp³-hybridized carbons (Fsp3) is 0.615. The molecule has 2 unspecified atom stereocenters. The van der Waals surface area contributed by atoms with Gasteiger partial charge in [-0.05, 0) is 39.5 Å². The standard InChI is InChI=1S/C13H18O2/c1-9(14)13-10(2)15-12-8-6-4-3-5-7-11(12)13/h3-4,11-12H,5-8H2,1-2H3. The zero-order chi connectivity index (χ0) is 10.8. The fourth-order valence-electron chi connectivity index (χ4n) is 2.69. The van der Waals surface area contributed by atoms with Crippen molar-refractivity contribution in [3.8, 4) is 0 Å². The summed E-state index contributed by atoms with van der Waals surface area (Å²) in [6.45, 7) is 3.58. The SMILES string of the molecule is CC(=O)C1=C(C)OC2CCC=CCCC12. The Hall–Kier alpha value is -1.05. The molecule has 2 nitrogen and oxygen atoms in total. The van der Waals surface area contributed by atoms with E-state index in [0.29, 0.717) is 5.92 Å². The van der Waals surface area contributed by atoms with Gasteiger partial charge in [0.1, 0.15) is 11.9 Å². The van der Waals surface area contributed by atoms with E-state index in [2.05, 4.69) is 12.2 Å². The van der Waals surface area contributed by atoms with E-state index in [0.717, 1.165) is 37.0 Å². The molecule has 82 valence electrons. The zero-order valence-electron chi connectivity index (χ0n) is 9.45. The highest BCUT2D eigenvalue weighted by Crippen LogP contribution is 2.37. The van der Waals surface area contributed by atoms with Gasteiger partial charge >= 0.3 is 0 Å². The second-order valence-electron chi connectivity index (χ2n) is 4.41. The highest BCUT2D eigenvalue weighted by atomic mass is 16.5. The zero-order valence-corrected chi connectivity index (χ0v) is 9.45. The van der Waals surface area contributed by atoms with Crippen molar-refractivity contribution in [1.29, 1.82) is 0 Å². The van der Waals surface area contributed by atoms with Crippen molar-refractivity contribution in [2.75, 3.05) is 0 Å². The molecule has 1 aliphatic heterocycles. The summed E-state index contributed by atoms with van der Waals surface area (Å²) in [5, 5.41) is 0. The Kier molecular flexibility index (Phi) is 2.94. The first-order valence-corrected chi connectivity index (χ1v) is 5.73. The Labute approximate surface area is 91.0 Å². The molecule has 0 radical (unpaired) electrons. The number of ether oxygens (including phenoxy) is 1. The van der Waals surface area contributed by atoms with Gasteiger partial charge in [-0.2, -0.15) is 0 Å². The molecule has 0 N–H and O–H groups in total. The van der Waals surface area contributed by atoms with Gasteiger partial charge in [0, 0.05) is 11.5 Å². The second-order valence-corrected chi connectivity index (χ2v) is 4.41. The quantitative estimate of drug-likeness (QED) is 0.616. The lowest BCUT2D eigenvalue weighted by molar-refractivity contribution is -0.114. The van der Waals surface area contributed by atoms with Gasteiger partial charge in [-0.3, -0.25) is 4.79 Å². The molecule has 0 fully saturated rings. The van der Waals surface area contributed by atoms with E-state index >= 15 is 0 Å². The first-order chi connectivity index (χ1) is 7.20. The second kappa shape index (κ2) is 4.21. The third-order valence-corrected chi connectivity index (χ3v) is 3.34. The Balaban J connectivity index is 2.21. The molecule has 2 heteroatoms. The number of carbonyl (C=O) groups excluding carboxylic acids is 1. The Morgan fingerprint density at radius 2 is 2.00 bits per heavy atom. The molecule has 2 rings (SSSR count). The number of fused-ring (bicyclic) bond motifs is 1.